The number of fused-ring (bicyclic) bond motifs is 2. The number of carbonyl (C=O) groups excluding carboxylic acids is 1. The van der Waals surface area contributed by atoms with E-state index in [4.69, 9.17) is 0 Å². The van der Waals surface area contributed by atoms with Crippen molar-refractivity contribution in [2.75, 3.05) is 5.32 Å². The molecule has 1 aromatic heterocycles. The normalized spacial score (nSPS) is 25.2. The summed E-state index contributed by atoms with van der Waals surface area (Å²) < 4.78 is 0. The van der Waals surface area contributed by atoms with Crippen LogP contribution in [-0.4, -0.2) is 21.1 Å². The Kier molecular flexibility index (Phi) is 4.08. The van der Waals surface area contributed by atoms with Crippen LogP contribution in [0.25, 0.3) is 11.4 Å². The van der Waals surface area contributed by atoms with Gasteiger partial charge in [-0.05, 0) is 42.9 Å². The minimum Gasteiger partial charge on any atom is -0.326 e. The fraction of sp³-hybridized carbons (Fsp3) is 0.261. The van der Waals surface area contributed by atoms with Crippen LogP contribution in [0.2, 0.25) is 0 Å². The van der Waals surface area contributed by atoms with Crippen LogP contribution in [0.4, 0.5) is 5.69 Å². The number of nitrogens with one attached hydrogen (secondary N) is 2. The van der Waals surface area contributed by atoms with E-state index < -0.39 is 0 Å². The van der Waals surface area contributed by atoms with Crippen LogP contribution in [0.3, 0.4) is 0 Å². The summed E-state index contributed by atoms with van der Waals surface area (Å²) in [5.41, 5.74) is 2.92. The highest BCUT2D eigenvalue weighted by Gasteiger charge is 2.48. The first-order valence-corrected chi connectivity index (χ1v) is 9.72. The zero-order valence-electron chi connectivity index (χ0n) is 15.7. The van der Waals surface area contributed by atoms with Crippen molar-refractivity contribution in [1.82, 2.24) is 15.2 Å². The number of carbonyl (C=O) groups is 1. The van der Waals surface area contributed by atoms with Crippen molar-refractivity contribution in [2.45, 2.75) is 19.3 Å². The lowest BCUT2D eigenvalue weighted by Gasteiger charge is -2.27. The van der Waals surface area contributed by atoms with Gasteiger partial charge >= 0.3 is 0 Å². The number of aromatic amines is 1. The van der Waals surface area contributed by atoms with Gasteiger partial charge in [0.05, 0.1) is 5.92 Å². The van der Waals surface area contributed by atoms with Crippen molar-refractivity contribution in [3.05, 3.63) is 78.1 Å². The van der Waals surface area contributed by atoms with E-state index in [1.807, 2.05) is 37.3 Å². The Balaban J connectivity index is 1.40. The molecular weight excluding hydrogens is 348 g/mol. The lowest BCUT2D eigenvalue weighted by molar-refractivity contribution is -0.121. The molecule has 0 saturated heterocycles. The summed E-state index contributed by atoms with van der Waals surface area (Å²) in [4.78, 5) is 17.6. The highest BCUT2D eigenvalue weighted by molar-refractivity contribution is 5.94. The van der Waals surface area contributed by atoms with Gasteiger partial charge in [-0.2, -0.15) is 5.10 Å². The zero-order valence-corrected chi connectivity index (χ0v) is 15.7. The Bertz CT molecular complexity index is 1040. The molecule has 2 aliphatic rings. The average molecular weight is 370 g/mol. The van der Waals surface area contributed by atoms with Crippen molar-refractivity contribution in [3.8, 4) is 11.4 Å². The molecule has 5 rings (SSSR count). The molecule has 1 amide bonds. The number of benzene rings is 2. The molecule has 1 heterocycles. The van der Waals surface area contributed by atoms with E-state index in [-0.39, 0.29) is 17.7 Å². The van der Waals surface area contributed by atoms with Gasteiger partial charge in [0.25, 0.3) is 0 Å². The van der Waals surface area contributed by atoms with Gasteiger partial charge in [0.2, 0.25) is 5.91 Å². The lowest BCUT2D eigenvalue weighted by Crippen LogP contribution is -2.31. The van der Waals surface area contributed by atoms with Crippen molar-refractivity contribution >= 4 is 11.6 Å². The van der Waals surface area contributed by atoms with Crippen molar-refractivity contribution in [3.63, 3.8) is 0 Å². The van der Waals surface area contributed by atoms with Gasteiger partial charge in [-0.25, -0.2) is 4.98 Å². The largest absolute Gasteiger partial charge is 0.326 e. The fourth-order valence-electron chi connectivity index (χ4n) is 4.74. The summed E-state index contributed by atoms with van der Waals surface area (Å²) in [5, 5.41) is 10.2. The van der Waals surface area contributed by atoms with E-state index >= 15 is 0 Å². The number of H-pyrrole nitrogens is 1. The molecule has 4 unspecified atom stereocenters. The molecule has 28 heavy (non-hydrogen) atoms. The Morgan fingerprint density at radius 1 is 1.07 bits per heavy atom. The minimum atomic E-state index is -0.0354. The Morgan fingerprint density at radius 3 is 2.68 bits per heavy atom. The molecule has 4 atom stereocenters. The molecule has 1 fully saturated rings. The summed E-state index contributed by atoms with van der Waals surface area (Å²) in [5.74, 6) is 2.47. The van der Waals surface area contributed by atoms with Crippen molar-refractivity contribution in [1.29, 1.82) is 0 Å². The fourth-order valence-corrected chi connectivity index (χ4v) is 4.74. The van der Waals surface area contributed by atoms with E-state index in [0.29, 0.717) is 17.7 Å². The monoisotopic (exact) mass is 370 g/mol. The number of anilines is 1. The first-order valence-electron chi connectivity index (χ1n) is 9.72. The van der Waals surface area contributed by atoms with Gasteiger partial charge in [-0.1, -0.05) is 54.6 Å². The minimum absolute atomic E-state index is 0.0354. The SMILES string of the molecule is Cc1nc(-c2cccc(NC(=O)C3C4C=CC(C4)C3c3ccccc3)c2)n[nH]1. The van der Waals surface area contributed by atoms with Gasteiger partial charge < -0.3 is 5.32 Å². The first kappa shape index (κ1) is 16.9. The van der Waals surface area contributed by atoms with Gasteiger partial charge in [0, 0.05) is 17.2 Å². The number of hydrogen-bond donors (Lipinski definition) is 2. The van der Waals surface area contributed by atoms with Crippen LogP contribution in [-0.2, 0) is 4.79 Å². The third-order valence-electron chi connectivity index (χ3n) is 5.93. The number of aromatic nitrogens is 3. The predicted molar refractivity (Wildman–Crippen MR) is 109 cm³/mol. The summed E-state index contributed by atoms with van der Waals surface area (Å²) in [7, 11) is 0. The summed E-state index contributed by atoms with van der Waals surface area (Å²) in [6.45, 7) is 1.87. The molecule has 5 nitrogen and oxygen atoms in total. The van der Waals surface area contributed by atoms with Crippen LogP contribution in [0, 0.1) is 24.7 Å². The predicted octanol–water partition coefficient (Wildman–Crippen LogP) is 4.32. The maximum atomic E-state index is 13.3. The molecule has 140 valence electrons. The van der Waals surface area contributed by atoms with E-state index in [1.165, 1.54) is 5.56 Å². The van der Waals surface area contributed by atoms with Gasteiger partial charge in [0.1, 0.15) is 5.82 Å². The second-order valence-electron chi connectivity index (χ2n) is 7.73. The summed E-state index contributed by atoms with van der Waals surface area (Å²) >= 11 is 0. The maximum absolute atomic E-state index is 13.3. The van der Waals surface area contributed by atoms with Crippen LogP contribution >= 0.6 is 0 Å². The van der Waals surface area contributed by atoms with Crippen LogP contribution in [0.15, 0.2) is 66.7 Å². The summed E-state index contributed by atoms with van der Waals surface area (Å²) in [6.07, 6.45) is 5.58. The second-order valence-corrected chi connectivity index (χ2v) is 7.73. The Labute approximate surface area is 163 Å². The van der Waals surface area contributed by atoms with Crippen molar-refractivity contribution < 1.29 is 4.79 Å². The number of nitrogens with zero attached hydrogens (tertiary/aromatic N) is 2. The molecule has 1 saturated carbocycles. The van der Waals surface area contributed by atoms with E-state index in [9.17, 15) is 4.79 Å². The van der Waals surface area contributed by atoms with Crippen LogP contribution in [0.1, 0.15) is 23.7 Å². The highest BCUT2D eigenvalue weighted by Crippen LogP contribution is 2.53. The molecule has 2 bridgehead atoms. The van der Waals surface area contributed by atoms with E-state index in [0.717, 1.165) is 23.5 Å². The van der Waals surface area contributed by atoms with Gasteiger partial charge in [-0.3, -0.25) is 9.89 Å². The number of rotatable bonds is 4. The Morgan fingerprint density at radius 2 is 1.89 bits per heavy atom. The molecule has 2 aromatic carbocycles. The quantitative estimate of drug-likeness (QED) is 0.672. The molecule has 0 spiro atoms. The molecule has 0 radical (unpaired) electrons. The standard InChI is InChI=1S/C23H22N4O/c1-14-24-22(27-26-14)18-8-5-9-19(13-18)25-23(28)21-17-11-10-16(12-17)20(21)15-6-3-2-4-7-15/h2-11,13,16-17,20-21H,12H2,1H3,(H,25,28)(H,24,26,27). The molecule has 5 heteroatoms. The molecular formula is C23H22N4O. The summed E-state index contributed by atoms with van der Waals surface area (Å²) in [6, 6.07) is 18.2. The maximum Gasteiger partial charge on any atom is 0.228 e. The van der Waals surface area contributed by atoms with E-state index in [1.54, 1.807) is 0 Å². The molecule has 2 aliphatic carbocycles. The van der Waals surface area contributed by atoms with Crippen molar-refractivity contribution in [2.24, 2.45) is 17.8 Å². The molecule has 3 aromatic rings. The first-order chi connectivity index (χ1) is 13.7. The molecule has 2 N–H and O–H groups in total. The highest BCUT2D eigenvalue weighted by atomic mass is 16.1. The average Bonchev–Trinajstić information content (AvgIpc) is 3.44. The smallest absolute Gasteiger partial charge is 0.228 e. The number of aryl methyl sites for hydroxylation is 1. The lowest BCUT2D eigenvalue weighted by atomic mass is 9.78. The zero-order chi connectivity index (χ0) is 19.1. The number of allylic oxidation sites excluding steroid dienone is 2. The molecule has 0 aliphatic heterocycles. The van der Waals surface area contributed by atoms with Gasteiger partial charge in [-0.15, -0.1) is 0 Å². The van der Waals surface area contributed by atoms with Crippen LogP contribution < -0.4 is 5.32 Å². The topological polar surface area (TPSA) is 70.7 Å². The third-order valence-corrected chi connectivity index (χ3v) is 5.93. The number of hydrogen-bond acceptors (Lipinski definition) is 3. The Hall–Kier alpha value is -3.21. The van der Waals surface area contributed by atoms with Crippen LogP contribution in [0.5, 0.6) is 0 Å². The number of amides is 1. The second kappa shape index (κ2) is 6.75. The van der Waals surface area contributed by atoms with E-state index in [2.05, 4.69) is 56.9 Å². The van der Waals surface area contributed by atoms with Gasteiger partial charge in [0.15, 0.2) is 5.82 Å². The third kappa shape index (κ3) is 2.93.